The Bertz CT molecular complexity index is 844. The van der Waals surface area contributed by atoms with Crippen LogP contribution in [0.1, 0.15) is 25.8 Å². The number of hydrogen-bond acceptors (Lipinski definition) is 5. The van der Waals surface area contributed by atoms with Crippen molar-refractivity contribution >= 4 is 29.8 Å². The summed E-state index contributed by atoms with van der Waals surface area (Å²) in [7, 11) is 1.52. The van der Waals surface area contributed by atoms with E-state index in [0.717, 1.165) is 29.6 Å². The number of hydrogen-bond donors (Lipinski definition) is 0. The smallest absolute Gasteiger partial charge is 0.209 e. The quantitative estimate of drug-likeness (QED) is 0.694. The summed E-state index contributed by atoms with van der Waals surface area (Å²) < 4.78 is 11.3. The van der Waals surface area contributed by atoms with Crippen LogP contribution in [0.5, 0.6) is 0 Å². The summed E-state index contributed by atoms with van der Waals surface area (Å²) in [4.78, 5) is 20.6. The molecule has 0 saturated heterocycles. The van der Waals surface area contributed by atoms with Crippen LogP contribution in [0.25, 0.3) is 0 Å². The standard InChI is InChI=1S/C21H23ClN2O3/c1-14-7-8-16(20(24-14)15-5-4-6-18(22)9-15)12-27-21(2)13-23-19(26-3)10-17(21)11-25/h4-6,8-11,13-14,17H,7,12H2,1-3H3. The molecule has 0 fully saturated rings. The number of halogens is 1. The SMILES string of the molecule is COC1=CC(C=O)C(C)(OCC2=CCC(C)N=C2c2cccc(Cl)c2)C=N1. The van der Waals surface area contributed by atoms with Crippen LogP contribution in [0.15, 0.2) is 57.9 Å². The number of ether oxygens (including phenoxy) is 2. The third-order valence-electron chi connectivity index (χ3n) is 4.78. The molecule has 1 aromatic carbocycles. The van der Waals surface area contributed by atoms with Gasteiger partial charge in [-0.25, -0.2) is 4.99 Å². The maximum atomic E-state index is 11.6. The first-order chi connectivity index (χ1) is 12.9. The fourth-order valence-corrected chi connectivity index (χ4v) is 3.28. The van der Waals surface area contributed by atoms with E-state index in [-0.39, 0.29) is 6.04 Å². The van der Waals surface area contributed by atoms with Crippen molar-refractivity contribution in [1.29, 1.82) is 0 Å². The Hall–Kier alpha value is -2.24. The van der Waals surface area contributed by atoms with E-state index in [1.807, 2.05) is 31.2 Å². The van der Waals surface area contributed by atoms with Gasteiger partial charge in [0.2, 0.25) is 5.88 Å². The zero-order chi connectivity index (χ0) is 19.4. The van der Waals surface area contributed by atoms with Gasteiger partial charge in [0.15, 0.2) is 0 Å². The summed E-state index contributed by atoms with van der Waals surface area (Å²) >= 11 is 6.15. The van der Waals surface area contributed by atoms with Gasteiger partial charge in [0, 0.05) is 16.8 Å². The number of aliphatic imine (C=N–C) groups is 2. The number of benzene rings is 1. The first kappa shape index (κ1) is 19.5. The van der Waals surface area contributed by atoms with Gasteiger partial charge in [0.25, 0.3) is 0 Å². The minimum Gasteiger partial charge on any atom is -0.481 e. The number of methoxy groups -OCH3 is 1. The summed E-state index contributed by atoms with van der Waals surface area (Å²) in [5.74, 6) is -0.0558. The van der Waals surface area contributed by atoms with E-state index in [4.69, 9.17) is 26.1 Å². The highest BCUT2D eigenvalue weighted by Crippen LogP contribution is 2.28. The predicted octanol–water partition coefficient (Wildman–Crippen LogP) is 4.01. The molecule has 27 heavy (non-hydrogen) atoms. The minimum absolute atomic E-state index is 0.199. The van der Waals surface area contributed by atoms with Crippen LogP contribution < -0.4 is 0 Å². The molecule has 3 rings (SSSR count). The second-order valence-electron chi connectivity index (χ2n) is 6.90. The van der Waals surface area contributed by atoms with Crippen molar-refractivity contribution in [1.82, 2.24) is 0 Å². The van der Waals surface area contributed by atoms with Crippen LogP contribution >= 0.6 is 11.6 Å². The molecule has 0 N–H and O–H groups in total. The van der Waals surface area contributed by atoms with Gasteiger partial charge in [0.1, 0.15) is 11.9 Å². The number of nitrogens with zero attached hydrogens (tertiary/aromatic N) is 2. The molecule has 2 aliphatic rings. The Morgan fingerprint density at radius 2 is 2.22 bits per heavy atom. The maximum absolute atomic E-state index is 11.6. The van der Waals surface area contributed by atoms with E-state index in [9.17, 15) is 4.79 Å². The van der Waals surface area contributed by atoms with Crippen molar-refractivity contribution in [2.24, 2.45) is 15.9 Å². The normalized spacial score (nSPS) is 27.5. The maximum Gasteiger partial charge on any atom is 0.209 e. The Morgan fingerprint density at radius 3 is 2.93 bits per heavy atom. The molecule has 0 aromatic heterocycles. The van der Waals surface area contributed by atoms with Crippen molar-refractivity contribution in [3.05, 3.63) is 58.5 Å². The Kier molecular flexibility index (Phi) is 5.92. The lowest BCUT2D eigenvalue weighted by atomic mass is 9.89. The molecule has 2 aliphatic heterocycles. The Balaban J connectivity index is 1.80. The second-order valence-corrected chi connectivity index (χ2v) is 7.34. The lowest BCUT2D eigenvalue weighted by Gasteiger charge is -2.33. The summed E-state index contributed by atoms with van der Waals surface area (Å²) in [6.45, 7) is 4.25. The fourth-order valence-electron chi connectivity index (χ4n) is 3.09. The molecule has 5 nitrogen and oxygen atoms in total. The van der Waals surface area contributed by atoms with Gasteiger partial charge in [-0.3, -0.25) is 4.99 Å². The number of carbonyl (C=O) groups excluding carboxylic acids is 1. The number of dihydropyridines is 1. The van der Waals surface area contributed by atoms with Crippen molar-refractivity contribution in [2.75, 3.05) is 13.7 Å². The van der Waals surface area contributed by atoms with Gasteiger partial charge >= 0.3 is 0 Å². The predicted molar refractivity (Wildman–Crippen MR) is 108 cm³/mol. The monoisotopic (exact) mass is 386 g/mol. The highest BCUT2D eigenvalue weighted by Gasteiger charge is 2.36. The van der Waals surface area contributed by atoms with E-state index in [0.29, 0.717) is 17.5 Å². The Labute approximate surface area is 164 Å². The number of rotatable bonds is 6. The molecule has 0 radical (unpaired) electrons. The van der Waals surface area contributed by atoms with Gasteiger partial charge in [-0.15, -0.1) is 0 Å². The summed E-state index contributed by atoms with van der Waals surface area (Å²) in [6, 6.07) is 7.84. The molecule has 3 unspecified atom stereocenters. The molecule has 0 saturated carbocycles. The lowest BCUT2D eigenvalue weighted by Crippen LogP contribution is -2.42. The van der Waals surface area contributed by atoms with E-state index >= 15 is 0 Å². The first-order valence-corrected chi connectivity index (χ1v) is 9.26. The van der Waals surface area contributed by atoms with Crippen LogP contribution in [0.4, 0.5) is 0 Å². The highest BCUT2D eigenvalue weighted by molar-refractivity contribution is 6.31. The molecular weight excluding hydrogens is 364 g/mol. The zero-order valence-corrected chi connectivity index (χ0v) is 16.4. The molecule has 142 valence electrons. The summed E-state index contributed by atoms with van der Waals surface area (Å²) in [5.41, 5.74) is 1.98. The molecule has 6 heteroatoms. The first-order valence-electron chi connectivity index (χ1n) is 8.88. The second kappa shape index (κ2) is 8.19. The van der Waals surface area contributed by atoms with Gasteiger partial charge in [-0.2, -0.15) is 0 Å². The zero-order valence-electron chi connectivity index (χ0n) is 15.7. The van der Waals surface area contributed by atoms with E-state index in [2.05, 4.69) is 18.0 Å². The average Bonchev–Trinajstić information content (AvgIpc) is 2.67. The van der Waals surface area contributed by atoms with Crippen LogP contribution in [-0.2, 0) is 14.3 Å². The molecule has 3 atom stereocenters. The lowest BCUT2D eigenvalue weighted by molar-refractivity contribution is -0.115. The van der Waals surface area contributed by atoms with Gasteiger partial charge < -0.3 is 14.3 Å². The summed E-state index contributed by atoms with van der Waals surface area (Å²) in [5, 5.41) is 0.665. The van der Waals surface area contributed by atoms with E-state index in [1.54, 1.807) is 12.3 Å². The third kappa shape index (κ3) is 4.37. The molecule has 1 aromatic rings. The fraction of sp³-hybridized carbons (Fsp3) is 0.381. The summed E-state index contributed by atoms with van der Waals surface area (Å²) in [6.07, 6.45) is 7.15. The van der Waals surface area contributed by atoms with Crippen LogP contribution in [0, 0.1) is 5.92 Å². The van der Waals surface area contributed by atoms with E-state index in [1.165, 1.54) is 7.11 Å². The number of carbonyl (C=O) groups is 1. The molecule has 0 aliphatic carbocycles. The van der Waals surface area contributed by atoms with Gasteiger partial charge in [0.05, 0.1) is 31.4 Å². The topological polar surface area (TPSA) is 60.2 Å². The molecule has 0 spiro atoms. The van der Waals surface area contributed by atoms with E-state index < -0.39 is 11.5 Å². The minimum atomic E-state index is -0.840. The highest BCUT2D eigenvalue weighted by atomic mass is 35.5. The van der Waals surface area contributed by atoms with Crippen LogP contribution in [0.3, 0.4) is 0 Å². The van der Waals surface area contributed by atoms with Crippen LogP contribution in [-0.4, -0.2) is 43.6 Å². The van der Waals surface area contributed by atoms with Crippen molar-refractivity contribution in [3.63, 3.8) is 0 Å². The van der Waals surface area contributed by atoms with Gasteiger partial charge in [-0.1, -0.05) is 29.8 Å². The molecule has 0 bridgehead atoms. The van der Waals surface area contributed by atoms with Crippen molar-refractivity contribution < 1.29 is 14.3 Å². The Morgan fingerprint density at radius 1 is 1.41 bits per heavy atom. The average molecular weight is 387 g/mol. The van der Waals surface area contributed by atoms with Crippen molar-refractivity contribution in [2.45, 2.75) is 31.9 Å². The van der Waals surface area contributed by atoms with Gasteiger partial charge in [-0.05, 0) is 44.1 Å². The molecular formula is C21H23ClN2O3. The number of aldehydes is 1. The van der Waals surface area contributed by atoms with Crippen LogP contribution in [0.2, 0.25) is 5.02 Å². The molecule has 2 heterocycles. The largest absolute Gasteiger partial charge is 0.481 e. The van der Waals surface area contributed by atoms with Crippen molar-refractivity contribution in [3.8, 4) is 0 Å². The molecule has 0 amide bonds. The third-order valence-corrected chi connectivity index (χ3v) is 5.02.